The molecule has 1 fully saturated rings. The summed E-state index contributed by atoms with van der Waals surface area (Å²) in [7, 11) is 0. The molecule has 144 valence electrons. The van der Waals surface area contributed by atoms with Crippen LogP contribution in [0.1, 0.15) is 64.9 Å². The molecular weight excluding hydrogens is 340 g/mol. The summed E-state index contributed by atoms with van der Waals surface area (Å²) in [5, 5.41) is 10.9. The van der Waals surface area contributed by atoms with Gasteiger partial charge in [-0.25, -0.2) is 0 Å². The average molecular weight is 368 g/mol. The van der Waals surface area contributed by atoms with Gasteiger partial charge in [-0.3, -0.25) is 9.59 Å². The Kier molecular flexibility index (Phi) is 4.12. The van der Waals surface area contributed by atoms with E-state index in [4.69, 9.17) is 4.74 Å². The molecule has 0 amide bonds. The molecule has 1 saturated carbocycles. The predicted molar refractivity (Wildman–Crippen MR) is 102 cm³/mol. The number of carbonyl (C=O) groups is 2. The number of hydrogen-bond donors (Lipinski definition) is 1. The summed E-state index contributed by atoms with van der Waals surface area (Å²) >= 11 is 0. The van der Waals surface area contributed by atoms with Crippen molar-refractivity contribution in [2.24, 2.45) is 16.7 Å². The monoisotopic (exact) mass is 368 g/mol. The van der Waals surface area contributed by atoms with Gasteiger partial charge in [0.2, 0.25) is 0 Å². The maximum absolute atomic E-state index is 13.1. The standard InChI is InChI=1S/C23H28O4/c1-22(2)9-14(24)20(15(25)10-22)19-13-7-5-6-8-17(13)27-18-12-23(3,4)11-16(26)21(18)19/h5-8,14,19-20,24H,9-12H2,1-4H3. The van der Waals surface area contributed by atoms with Gasteiger partial charge in [0.1, 0.15) is 17.3 Å². The third kappa shape index (κ3) is 3.14. The summed E-state index contributed by atoms with van der Waals surface area (Å²) in [6.07, 6.45) is 1.34. The Hall–Kier alpha value is -1.94. The molecule has 3 aliphatic rings. The van der Waals surface area contributed by atoms with E-state index in [9.17, 15) is 14.7 Å². The summed E-state index contributed by atoms with van der Waals surface area (Å²) in [5.74, 6) is 0.488. The van der Waals surface area contributed by atoms with E-state index in [0.29, 0.717) is 42.8 Å². The zero-order valence-corrected chi connectivity index (χ0v) is 16.5. The highest BCUT2D eigenvalue weighted by atomic mass is 16.5. The number of allylic oxidation sites excluding steroid dienone is 2. The van der Waals surface area contributed by atoms with E-state index in [0.717, 1.165) is 5.56 Å². The number of ether oxygens (including phenoxy) is 1. The number of aliphatic hydroxyl groups is 1. The van der Waals surface area contributed by atoms with E-state index in [1.54, 1.807) is 0 Å². The maximum Gasteiger partial charge on any atom is 0.163 e. The first-order chi connectivity index (χ1) is 12.6. The lowest BCUT2D eigenvalue weighted by atomic mass is 9.61. The number of carbonyl (C=O) groups excluding carboxylic acids is 2. The molecule has 4 rings (SSSR count). The fraction of sp³-hybridized carbons (Fsp3) is 0.565. The van der Waals surface area contributed by atoms with Crippen LogP contribution < -0.4 is 4.74 Å². The number of Topliss-reactive ketones (excluding diaryl/α,β-unsaturated/α-hetero) is 2. The van der Waals surface area contributed by atoms with Crippen LogP contribution in [-0.2, 0) is 9.59 Å². The van der Waals surface area contributed by atoms with Gasteiger partial charge in [0.05, 0.1) is 12.0 Å². The second-order valence-electron chi connectivity index (χ2n) is 10.00. The van der Waals surface area contributed by atoms with Gasteiger partial charge in [-0.15, -0.1) is 0 Å². The molecule has 1 aliphatic heterocycles. The van der Waals surface area contributed by atoms with Crippen LogP contribution in [0.4, 0.5) is 0 Å². The molecule has 1 aromatic rings. The molecule has 0 spiro atoms. The number of hydrogen-bond acceptors (Lipinski definition) is 4. The second kappa shape index (κ2) is 6.03. The molecule has 3 unspecified atom stereocenters. The number of fused-ring (bicyclic) bond motifs is 1. The Labute approximate surface area is 160 Å². The molecule has 1 N–H and O–H groups in total. The Balaban J connectivity index is 1.85. The Morgan fingerprint density at radius 3 is 2.41 bits per heavy atom. The second-order valence-corrected chi connectivity index (χ2v) is 10.00. The highest BCUT2D eigenvalue weighted by Gasteiger charge is 2.50. The van der Waals surface area contributed by atoms with Crippen molar-refractivity contribution >= 4 is 11.6 Å². The molecule has 4 heteroatoms. The van der Waals surface area contributed by atoms with Gasteiger partial charge < -0.3 is 9.84 Å². The quantitative estimate of drug-likeness (QED) is 0.808. The fourth-order valence-corrected chi connectivity index (χ4v) is 5.18. The lowest BCUT2D eigenvalue weighted by molar-refractivity contribution is -0.135. The summed E-state index contributed by atoms with van der Waals surface area (Å²) in [4.78, 5) is 26.2. The van der Waals surface area contributed by atoms with Crippen LogP contribution in [0.2, 0.25) is 0 Å². The van der Waals surface area contributed by atoms with Gasteiger partial charge in [0, 0.05) is 36.3 Å². The molecule has 0 radical (unpaired) electrons. The van der Waals surface area contributed by atoms with E-state index < -0.39 is 17.9 Å². The summed E-state index contributed by atoms with van der Waals surface area (Å²) in [6.45, 7) is 8.16. The molecule has 0 saturated heterocycles. The van der Waals surface area contributed by atoms with Crippen LogP contribution in [0.15, 0.2) is 35.6 Å². The molecule has 1 heterocycles. The number of para-hydroxylation sites is 1. The minimum absolute atomic E-state index is 0.0462. The highest BCUT2D eigenvalue weighted by Crippen LogP contribution is 2.53. The Morgan fingerprint density at radius 2 is 1.70 bits per heavy atom. The number of benzene rings is 1. The van der Waals surface area contributed by atoms with Gasteiger partial charge in [-0.05, 0) is 23.3 Å². The number of rotatable bonds is 1. The number of aliphatic hydroxyl groups excluding tert-OH is 1. The Morgan fingerprint density at radius 1 is 1.00 bits per heavy atom. The maximum atomic E-state index is 13.1. The zero-order valence-electron chi connectivity index (χ0n) is 16.5. The van der Waals surface area contributed by atoms with Crippen molar-refractivity contribution in [1.29, 1.82) is 0 Å². The third-order valence-electron chi connectivity index (χ3n) is 6.24. The summed E-state index contributed by atoms with van der Waals surface area (Å²) in [5.41, 5.74) is 1.09. The van der Waals surface area contributed by atoms with Gasteiger partial charge in [0.25, 0.3) is 0 Å². The van der Waals surface area contributed by atoms with Crippen molar-refractivity contribution in [3.05, 3.63) is 41.2 Å². The van der Waals surface area contributed by atoms with E-state index in [-0.39, 0.29) is 22.4 Å². The van der Waals surface area contributed by atoms with Crippen molar-refractivity contribution < 1.29 is 19.4 Å². The van der Waals surface area contributed by atoms with Gasteiger partial charge in [0.15, 0.2) is 5.78 Å². The van der Waals surface area contributed by atoms with E-state index in [1.165, 1.54) is 0 Å². The molecular formula is C23H28O4. The van der Waals surface area contributed by atoms with Crippen LogP contribution in [0.3, 0.4) is 0 Å². The SMILES string of the molecule is CC1(C)CC(=O)C2=C(C1)Oc1ccccc1C2C1C(=O)CC(C)(C)CC1O. The summed E-state index contributed by atoms with van der Waals surface area (Å²) < 4.78 is 6.14. The first-order valence-corrected chi connectivity index (χ1v) is 9.82. The van der Waals surface area contributed by atoms with Crippen molar-refractivity contribution in [1.82, 2.24) is 0 Å². The van der Waals surface area contributed by atoms with Crippen LogP contribution >= 0.6 is 0 Å². The van der Waals surface area contributed by atoms with Crippen molar-refractivity contribution in [2.45, 2.75) is 65.4 Å². The molecule has 2 aliphatic carbocycles. The van der Waals surface area contributed by atoms with Crippen LogP contribution in [0.5, 0.6) is 5.75 Å². The van der Waals surface area contributed by atoms with Gasteiger partial charge >= 0.3 is 0 Å². The smallest absolute Gasteiger partial charge is 0.163 e. The van der Waals surface area contributed by atoms with E-state index in [2.05, 4.69) is 13.8 Å². The average Bonchev–Trinajstić information content (AvgIpc) is 2.50. The lowest BCUT2D eigenvalue weighted by Crippen LogP contribution is -2.46. The van der Waals surface area contributed by atoms with Crippen molar-refractivity contribution in [3.8, 4) is 5.75 Å². The van der Waals surface area contributed by atoms with Crippen molar-refractivity contribution in [3.63, 3.8) is 0 Å². The van der Waals surface area contributed by atoms with Crippen LogP contribution in [0, 0.1) is 16.7 Å². The van der Waals surface area contributed by atoms with Gasteiger partial charge in [-0.2, -0.15) is 0 Å². The first kappa shape index (κ1) is 18.4. The fourth-order valence-electron chi connectivity index (χ4n) is 5.18. The molecule has 0 aromatic heterocycles. The minimum Gasteiger partial charge on any atom is -0.461 e. The normalized spacial score (nSPS) is 31.8. The van der Waals surface area contributed by atoms with E-state index >= 15 is 0 Å². The number of ketones is 2. The van der Waals surface area contributed by atoms with Crippen LogP contribution in [0.25, 0.3) is 0 Å². The topological polar surface area (TPSA) is 63.6 Å². The first-order valence-electron chi connectivity index (χ1n) is 9.82. The summed E-state index contributed by atoms with van der Waals surface area (Å²) in [6, 6.07) is 7.62. The molecule has 4 nitrogen and oxygen atoms in total. The lowest BCUT2D eigenvalue weighted by Gasteiger charge is -2.44. The molecule has 0 bridgehead atoms. The predicted octanol–water partition coefficient (Wildman–Crippen LogP) is 4.17. The van der Waals surface area contributed by atoms with E-state index in [1.807, 2.05) is 38.1 Å². The minimum atomic E-state index is -0.756. The van der Waals surface area contributed by atoms with Gasteiger partial charge in [-0.1, -0.05) is 45.9 Å². The highest BCUT2D eigenvalue weighted by molar-refractivity contribution is 6.01. The third-order valence-corrected chi connectivity index (χ3v) is 6.24. The molecule has 27 heavy (non-hydrogen) atoms. The van der Waals surface area contributed by atoms with Crippen LogP contribution in [-0.4, -0.2) is 22.8 Å². The Bertz CT molecular complexity index is 846. The zero-order chi connectivity index (χ0) is 19.6. The largest absolute Gasteiger partial charge is 0.461 e. The molecule has 1 aromatic carbocycles. The molecule has 3 atom stereocenters. The van der Waals surface area contributed by atoms with Crippen molar-refractivity contribution in [2.75, 3.05) is 0 Å².